The van der Waals surface area contributed by atoms with Crippen LogP contribution in [0, 0.1) is 24.0 Å². The fourth-order valence-electron chi connectivity index (χ4n) is 2.29. The molecule has 1 heterocycles. The molecule has 0 spiro atoms. The summed E-state index contributed by atoms with van der Waals surface area (Å²) in [5.74, 6) is 0.945. The first-order chi connectivity index (χ1) is 11.4. The lowest BCUT2D eigenvalue weighted by molar-refractivity contribution is -0.385. The first kappa shape index (κ1) is 16.0. The highest BCUT2D eigenvalue weighted by Gasteiger charge is 2.15. The summed E-state index contributed by atoms with van der Waals surface area (Å²) < 4.78 is 7.44. The van der Waals surface area contributed by atoms with Crippen LogP contribution in [-0.4, -0.2) is 14.7 Å². The van der Waals surface area contributed by atoms with Crippen LogP contribution in [0.4, 0.5) is 5.69 Å². The van der Waals surface area contributed by atoms with Crippen molar-refractivity contribution in [3.63, 3.8) is 0 Å². The molecule has 0 radical (unpaired) electrons. The van der Waals surface area contributed by atoms with Crippen LogP contribution in [0.3, 0.4) is 0 Å². The highest BCUT2D eigenvalue weighted by atomic mass is 35.5. The molecule has 0 aliphatic carbocycles. The molecule has 0 atom stereocenters. The summed E-state index contributed by atoms with van der Waals surface area (Å²) >= 11 is 5.88. The molecule has 0 fully saturated rings. The van der Waals surface area contributed by atoms with Gasteiger partial charge in [0.15, 0.2) is 0 Å². The van der Waals surface area contributed by atoms with E-state index in [-0.39, 0.29) is 5.69 Å². The van der Waals surface area contributed by atoms with Gasteiger partial charge in [-0.25, -0.2) is 4.68 Å². The van der Waals surface area contributed by atoms with Gasteiger partial charge in [0.1, 0.15) is 5.75 Å². The van der Waals surface area contributed by atoms with E-state index in [4.69, 9.17) is 16.3 Å². The minimum absolute atomic E-state index is 0.0755. The van der Waals surface area contributed by atoms with E-state index in [1.165, 1.54) is 6.07 Å². The first-order valence-electron chi connectivity index (χ1n) is 7.19. The standard InChI is InChI=1S/C17H14ClN3O3/c1-11-10-16(12(2)9-15(11)21(22)23)24-17-7-8-20(19-17)14-5-3-13(18)4-6-14/h3-10H,1-2H3. The number of ether oxygens (including phenoxy) is 1. The maximum absolute atomic E-state index is 11.0. The quantitative estimate of drug-likeness (QED) is 0.502. The Bertz CT molecular complexity index is 904. The lowest BCUT2D eigenvalue weighted by atomic mass is 10.1. The Morgan fingerprint density at radius 3 is 2.50 bits per heavy atom. The Morgan fingerprint density at radius 2 is 1.83 bits per heavy atom. The van der Waals surface area contributed by atoms with Crippen molar-refractivity contribution in [2.24, 2.45) is 0 Å². The molecule has 122 valence electrons. The zero-order valence-electron chi connectivity index (χ0n) is 13.1. The van der Waals surface area contributed by atoms with E-state index < -0.39 is 4.92 Å². The molecule has 0 aliphatic heterocycles. The SMILES string of the molecule is Cc1cc([N+](=O)[O-])c(C)cc1Oc1ccn(-c2ccc(Cl)cc2)n1. The maximum atomic E-state index is 11.0. The largest absolute Gasteiger partial charge is 0.437 e. The van der Waals surface area contributed by atoms with Crippen molar-refractivity contribution in [3.8, 4) is 17.3 Å². The molecule has 0 amide bonds. The van der Waals surface area contributed by atoms with E-state index in [0.29, 0.717) is 27.8 Å². The normalized spacial score (nSPS) is 10.6. The molecule has 24 heavy (non-hydrogen) atoms. The van der Waals surface area contributed by atoms with Crippen LogP contribution >= 0.6 is 11.6 Å². The predicted molar refractivity (Wildman–Crippen MR) is 91.2 cm³/mol. The van der Waals surface area contributed by atoms with Crippen molar-refractivity contribution in [2.45, 2.75) is 13.8 Å². The molecule has 0 aliphatic rings. The Hall–Kier alpha value is -2.86. The van der Waals surface area contributed by atoms with Crippen molar-refractivity contribution in [1.29, 1.82) is 0 Å². The molecule has 1 aromatic heterocycles. The molecule has 0 unspecified atom stereocenters. The van der Waals surface area contributed by atoms with Crippen molar-refractivity contribution in [2.75, 3.05) is 0 Å². The number of rotatable bonds is 4. The topological polar surface area (TPSA) is 70.2 Å². The van der Waals surface area contributed by atoms with E-state index in [1.807, 2.05) is 12.1 Å². The van der Waals surface area contributed by atoms with Crippen LogP contribution in [0.5, 0.6) is 11.6 Å². The van der Waals surface area contributed by atoms with Gasteiger partial charge in [-0.15, -0.1) is 5.10 Å². The summed E-state index contributed by atoms with van der Waals surface area (Å²) in [6, 6.07) is 12.1. The monoisotopic (exact) mass is 343 g/mol. The number of nitro benzene ring substituents is 1. The van der Waals surface area contributed by atoms with Crippen molar-refractivity contribution >= 4 is 17.3 Å². The Labute approximate surface area is 143 Å². The molecule has 3 aromatic rings. The van der Waals surface area contributed by atoms with Crippen LogP contribution in [-0.2, 0) is 0 Å². The minimum Gasteiger partial charge on any atom is -0.437 e. The van der Waals surface area contributed by atoms with E-state index in [0.717, 1.165) is 5.69 Å². The summed E-state index contributed by atoms with van der Waals surface area (Å²) in [5, 5.41) is 16.0. The lowest BCUT2D eigenvalue weighted by Crippen LogP contribution is -1.97. The zero-order valence-corrected chi connectivity index (χ0v) is 13.8. The average Bonchev–Trinajstić information content (AvgIpc) is 2.99. The highest BCUT2D eigenvalue weighted by molar-refractivity contribution is 6.30. The van der Waals surface area contributed by atoms with Crippen molar-refractivity contribution in [3.05, 3.63) is 74.9 Å². The zero-order chi connectivity index (χ0) is 17.3. The van der Waals surface area contributed by atoms with E-state index in [9.17, 15) is 10.1 Å². The Balaban J connectivity index is 1.86. The molecular weight excluding hydrogens is 330 g/mol. The van der Waals surface area contributed by atoms with E-state index >= 15 is 0 Å². The third kappa shape index (κ3) is 3.23. The van der Waals surface area contributed by atoms with E-state index in [2.05, 4.69) is 5.10 Å². The Kier molecular flexibility index (Phi) is 4.22. The van der Waals surface area contributed by atoms with Crippen molar-refractivity contribution < 1.29 is 9.66 Å². The van der Waals surface area contributed by atoms with Crippen LogP contribution in [0.2, 0.25) is 5.02 Å². The summed E-state index contributed by atoms with van der Waals surface area (Å²) in [6.45, 7) is 3.44. The van der Waals surface area contributed by atoms with Gasteiger partial charge in [-0.1, -0.05) is 11.6 Å². The van der Waals surface area contributed by atoms with Gasteiger partial charge in [-0.3, -0.25) is 10.1 Å². The number of aromatic nitrogens is 2. The van der Waals surface area contributed by atoms with Gasteiger partial charge in [0.25, 0.3) is 5.69 Å². The molecule has 2 aromatic carbocycles. The predicted octanol–water partition coefficient (Wildman–Crippen LogP) is 4.84. The minimum atomic E-state index is -0.401. The number of hydrogen-bond donors (Lipinski definition) is 0. The van der Waals surface area contributed by atoms with Gasteiger partial charge >= 0.3 is 0 Å². The number of nitrogens with zero attached hydrogens (tertiary/aromatic N) is 3. The number of halogens is 1. The van der Waals surface area contributed by atoms with Crippen LogP contribution < -0.4 is 4.74 Å². The fraction of sp³-hybridized carbons (Fsp3) is 0.118. The number of nitro groups is 1. The summed E-state index contributed by atoms with van der Waals surface area (Å²) in [7, 11) is 0. The highest BCUT2D eigenvalue weighted by Crippen LogP contribution is 2.30. The maximum Gasteiger partial charge on any atom is 0.272 e. The summed E-state index contributed by atoms with van der Waals surface area (Å²) in [5.41, 5.74) is 2.14. The molecule has 7 heteroatoms. The fourth-order valence-corrected chi connectivity index (χ4v) is 2.42. The van der Waals surface area contributed by atoms with Gasteiger partial charge in [0.05, 0.1) is 10.6 Å². The van der Waals surface area contributed by atoms with Gasteiger partial charge in [-0.2, -0.15) is 0 Å². The van der Waals surface area contributed by atoms with Crippen LogP contribution in [0.25, 0.3) is 5.69 Å². The smallest absolute Gasteiger partial charge is 0.272 e. The van der Waals surface area contributed by atoms with Gasteiger partial charge < -0.3 is 4.74 Å². The Morgan fingerprint density at radius 1 is 1.12 bits per heavy atom. The summed E-state index contributed by atoms with van der Waals surface area (Å²) in [6.07, 6.45) is 1.77. The number of hydrogen-bond acceptors (Lipinski definition) is 4. The second-order valence-corrected chi connectivity index (χ2v) is 5.77. The van der Waals surface area contributed by atoms with Gasteiger partial charge in [-0.05, 0) is 49.7 Å². The van der Waals surface area contributed by atoms with Gasteiger partial charge in [0, 0.05) is 28.9 Å². The first-order valence-corrected chi connectivity index (χ1v) is 7.57. The second-order valence-electron chi connectivity index (χ2n) is 5.34. The number of benzene rings is 2. The van der Waals surface area contributed by atoms with Crippen LogP contribution in [0.15, 0.2) is 48.7 Å². The molecule has 0 saturated carbocycles. The molecule has 0 N–H and O–H groups in total. The molecule has 0 bridgehead atoms. The molecule has 6 nitrogen and oxygen atoms in total. The molecular formula is C17H14ClN3O3. The third-order valence-electron chi connectivity index (χ3n) is 3.56. The van der Waals surface area contributed by atoms with Crippen molar-refractivity contribution in [1.82, 2.24) is 9.78 Å². The average molecular weight is 344 g/mol. The lowest BCUT2D eigenvalue weighted by Gasteiger charge is -2.08. The number of aryl methyl sites for hydroxylation is 2. The third-order valence-corrected chi connectivity index (χ3v) is 3.81. The molecule has 0 saturated heterocycles. The summed E-state index contributed by atoms with van der Waals surface area (Å²) in [4.78, 5) is 10.6. The van der Waals surface area contributed by atoms with Crippen LogP contribution in [0.1, 0.15) is 11.1 Å². The van der Waals surface area contributed by atoms with E-state index in [1.54, 1.807) is 49.0 Å². The second kappa shape index (κ2) is 6.33. The van der Waals surface area contributed by atoms with Gasteiger partial charge in [0.2, 0.25) is 5.88 Å². The molecule has 3 rings (SSSR count).